The van der Waals surface area contributed by atoms with Crippen molar-refractivity contribution in [2.75, 3.05) is 0 Å². The Morgan fingerprint density at radius 1 is 1.38 bits per heavy atom. The molecule has 0 radical (unpaired) electrons. The minimum absolute atomic E-state index is 0. The third-order valence-electron chi connectivity index (χ3n) is 0.692. The average molecular weight is 111 g/mol. The van der Waals surface area contributed by atoms with Crippen molar-refractivity contribution in [3.8, 4) is 0 Å². The highest BCUT2D eigenvalue weighted by atomic mass is 14.7. The van der Waals surface area contributed by atoms with Crippen molar-refractivity contribution in [3.05, 3.63) is 24.3 Å². The minimum atomic E-state index is 0. The van der Waals surface area contributed by atoms with Crippen LogP contribution < -0.4 is 6.15 Å². The third kappa shape index (κ3) is 1.66. The quantitative estimate of drug-likeness (QED) is 0.542. The maximum absolute atomic E-state index is 3.92. The molecule has 1 heterocycles. The summed E-state index contributed by atoms with van der Waals surface area (Å²) in [7, 11) is 0. The van der Waals surface area contributed by atoms with Crippen LogP contribution in [0.15, 0.2) is 18.6 Å². The molecule has 0 bridgehead atoms. The molecule has 3 heteroatoms. The molecule has 0 aliphatic heterocycles. The highest BCUT2D eigenvalue weighted by Gasteiger charge is 1.74. The minimum Gasteiger partial charge on any atom is -0.344 e. The lowest BCUT2D eigenvalue weighted by Crippen LogP contribution is -1.77. The highest BCUT2D eigenvalue weighted by molar-refractivity contribution is 4.88. The molecule has 0 fully saturated rings. The largest absolute Gasteiger partial charge is 0.344 e. The lowest BCUT2D eigenvalue weighted by molar-refractivity contribution is 1.12. The van der Waals surface area contributed by atoms with E-state index in [0.29, 0.717) is 0 Å². The number of aryl methyl sites for hydroxylation is 1. The molecule has 0 saturated heterocycles. The lowest BCUT2D eigenvalue weighted by Gasteiger charge is -1.81. The second kappa shape index (κ2) is 3.10. The van der Waals surface area contributed by atoms with Crippen LogP contribution in [0.5, 0.6) is 0 Å². The molecule has 3 nitrogen and oxygen atoms in total. The van der Waals surface area contributed by atoms with Gasteiger partial charge in [0.2, 0.25) is 0 Å². The van der Waals surface area contributed by atoms with E-state index in [2.05, 4.69) is 9.97 Å². The summed E-state index contributed by atoms with van der Waals surface area (Å²) >= 11 is 0. The van der Waals surface area contributed by atoms with Crippen LogP contribution in [-0.2, 0) is 0 Å². The molecule has 0 amide bonds. The van der Waals surface area contributed by atoms with E-state index in [4.69, 9.17) is 0 Å². The molecule has 0 saturated carbocycles. The van der Waals surface area contributed by atoms with Crippen molar-refractivity contribution in [1.82, 2.24) is 16.1 Å². The van der Waals surface area contributed by atoms with Gasteiger partial charge >= 0.3 is 0 Å². The zero-order valence-electron chi connectivity index (χ0n) is 4.83. The van der Waals surface area contributed by atoms with Gasteiger partial charge in [-0.1, -0.05) is 0 Å². The molecule has 3 N–H and O–H groups in total. The molecule has 0 unspecified atom stereocenters. The van der Waals surface area contributed by atoms with E-state index in [0.717, 1.165) is 5.69 Å². The molecule has 0 aromatic carbocycles. The molecule has 44 valence electrons. The number of hydrogen-bond acceptors (Lipinski definition) is 3. The summed E-state index contributed by atoms with van der Waals surface area (Å²) in [5, 5.41) is 0. The van der Waals surface area contributed by atoms with E-state index in [9.17, 15) is 0 Å². The normalized spacial score (nSPS) is 7.62. The van der Waals surface area contributed by atoms with Gasteiger partial charge in [-0.15, -0.1) is 0 Å². The molecule has 1 aromatic heterocycles. The smallest absolute Gasteiger partial charge is 0.0555 e. The van der Waals surface area contributed by atoms with Crippen LogP contribution in [-0.4, -0.2) is 9.97 Å². The molecular formula is C5H9N3. The van der Waals surface area contributed by atoms with Crippen LogP contribution in [0.25, 0.3) is 0 Å². The van der Waals surface area contributed by atoms with Gasteiger partial charge in [0, 0.05) is 18.6 Å². The Labute approximate surface area is 48.4 Å². The Morgan fingerprint density at radius 2 is 2.12 bits per heavy atom. The Bertz CT molecular complexity index is 138. The molecule has 1 aromatic rings. The van der Waals surface area contributed by atoms with Gasteiger partial charge in [0.25, 0.3) is 0 Å². The van der Waals surface area contributed by atoms with Crippen LogP contribution >= 0.6 is 0 Å². The fourth-order valence-electron chi connectivity index (χ4n) is 0.374. The molecule has 0 atom stereocenters. The predicted octanol–water partition coefficient (Wildman–Crippen LogP) is 0.947. The van der Waals surface area contributed by atoms with Gasteiger partial charge in [-0.2, -0.15) is 0 Å². The van der Waals surface area contributed by atoms with Crippen molar-refractivity contribution in [3.63, 3.8) is 0 Å². The van der Waals surface area contributed by atoms with Crippen LogP contribution in [0, 0.1) is 6.92 Å². The van der Waals surface area contributed by atoms with Crippen LogP contribution in [0.2, 0.25) is 0 Å². The lowest BCUT2D eigenvalue weighted by atomic mass is 10.5. The fourth-order valence-corrected chi connectivity index (χ4v) is 0.374. The number of rotatable bonds is 0. The summed E-state index contributed by atoms with van der Waals surface area (Å²) in [5.74, 6) is 0. The Hall–Kier alpha value is -0.960. The van der Waals surface area contributed by atoms with Gasteiger partial charge in [0.1, 0.15) is 0 Å². The topological polar surface area (TPSA) is 60.8 Å². The summed E-state index contributed by atoms with van der Waals surface area (Å²) < 4.78 is 0. The summed E-state index contributed by atoms with van der Waals surface area (Å²) in [4.78, 5) is 7.74. The Kier molecular flexibility index (Phi) is 2.72. The van der Waals surface area contributed by atoms with Gasteiger partial charge in [-0.25, -0.2) is 0 Å². The summed E-state index contributed by atoms with van der Waals surface area (Å²) in [5.41, 5.74) is 0.961. The van der Waals surface area contributed by atoms with Crippen molar-refractivity contribution < 1.29 is 0 Å². The van der Waals surface area contributed by atoms with Gasteiger partial charge in [-0.05, 0) is 6.92 Å². The molecule has 0 spiro atoms. The van der Waals surface area contributed by atoms with Crippen molar-refractivity contribution in [2.45, 2.75) is 6.92 Å². The third-order valence-corrected chi connectivity index (χ3v) is 0.692. The van der Waals surface area contributed by atoms with Gasteiger partial charge in [0.15, 0.2) is 0 Å². The van der Waals surface area contributed by atoms with E-state index >= 15 is 0 Å². The SMILES string of the molecule is Cc1cnccn1.N. The second-order valence-corrected chi connectivity index (χ2v) is 1.35. The first-order valence-corrected chi connectivity index (χ1v) is 2.12. The summed E-state index contributed by atoms with van der Waals surface area (Å²) in [6, 6.07) is 0. The average Bonchev–Trinajstić information content (AvgIpc) is 1.69. The standard InChI is InChI=1S/C5H6N2.H3N/c1-5-4-6-2-3-7-5;/h2-4H,1H3;1H3. The maximum atomic E-state index is 3.92. The fraction of sp³-hybridized carbons (Fsp3) is 0.200. The molecule has 8 heavy (non-hydrogen) atoms. The van der Waals surface area contributed by atoms with Gasteiger partial charge in [-0.3, -0.25) is 9.97 Å². The zero-order chi connectivity index (χ0) is 5.11. The first kappa shape index (κ1) is 7.04. The first-order chi connectivity index (χ1) is 3.39. The molecule has 1 rings (SSSR count). The maximum Gasteiger partial charge on any atom is 0.0555 e. The van der Waals surface area contributed by atoms with E-state index < -0.39 is 0 Å². The Balaban J connectivity index is 0.000000490. The highest BCUT2D eigenvalue weighted by Crippen LogP contribution is 1.81. The summed E-state index contributed by atoms with van der Waals surface area (Å²) in [6.07, 6.45) is 5.06. The van der Waals surface area contributed by atoms with E-state index in [1.165, 1.54) is 0 Å². The number of nitrogens with zero attached hydrogens (tertiary/aromatic N) is 2. The Morgan fingerprint density at radius 3 is 2.38 bits per heavy atom. The second-order valence-electron chi connectivity index (χ2n) is 1.35. The van der Waals surface area contributed by atoms with Crippen LogP contribution in [0.3, 0.4) is 0 Å². The van der Waals surface area contributed by atoms with Crippen LogP contribution in [0.1, 0.15) is 5.69 Å². The van der Waals surface area contributed by atoms with Crippen LogP contribution in [0.4, 0.5) is 0 Å². The van der Waals surface area contributed by atoms with Crippen molar-refractivity contribution in [1.29, 1.82) is 0 Å². The van der Waals surface area contributed by atoms with Gasteiger partial charge in [0.05, 0.1) is 5.69 Å². The molecule has 0 aliphatic carbocycles. The van der Waals surface area contributed by atoms with E-state index in [-0.39, 0.29) is 6.15 Å². The predicted molar refractivity (Wildman–Crippen MR) is 31.8 cm³/mol. The number of hydrogen-bond donors (Lipinski definition) is 1. The monoisotopic (exact) mass is 111 g/mol. The van der Waals surface area contributed by atoms with Crippen molar-refractivity contribution in [2.24, 2.45) is 0 Å². The van der Waals surface area contributed by atoms with E-state index in [1.807, 2.05) is 6.92 Å². The first-order valence-electron chi connectivity index (χ1n) is 2.12. The zero-order valence-corrected chi connectivity index (χ0v) is 4.83. The molecule has 0 aliphatic rings. The van der Waals surface area contributed by atoms with Crippen molar-refractivity contribution >= 4 is 0 Å². The summed E-state index contributed by atoms with van der Waals surface area (Å²) in [6.45, 7) is 1.91. The van der Waals surface area contributed by atoms with Gasteiger partial charge < -0.3 is 6.15 Å². The number of aromatic nitrogens is 2. The molecular weight excluding hydrogens is 102 g/mol. The van der Waals surface area contributed by atoms with E-state index in [1.54, 1.807) is 18.6 Å².